The molecule has 2 aromatic rings. The van der Waals surface area contributed by atoms with Gasteiger partial charge in [-0.1, -0.05) is 35.9 Å². The first-order valence-electron chi connectivity index (χ1n) is 9.61. The lowest BCUT2D eigenvalue weighted by molar-refractivity contribution is -0.132. The highest BCUT2D eigenvalue weighted by molar-refractivity contribution is 5.77. The van der Waals surface area contributed by atoms with Gasteiger partial charge in [0.25, 0.3) is 0 Å². The van der Waals surface area contributed by atoms with Crippen molar-refractivity contribution in [3.05, 3.63) is 60.2 Å². The summed E-state index contributed by atoms with van der Waals surface area (Å²) in [6.07, 6.45) is 0.744. The Bertz CT molecular complexity index is 769. The number of amides is 2. The first-order chi connectivity index (χ1) is 13.6. The number of benzene rings is 2. The molecule has 1 aliphatic heterocycles. The monoisotopic (exact) mass is 382 g/mol. The summed E-state index contributed by atoms with van der Waals surface area (Å²) in [6.45, 7) is 4.57. The zero-order valence-electron chi connectivity index (χ0n) is 16.2. The van der Waals surface area contributed by atoms with Gasteiger partial charge in [0, 0.05) is 32.6 Å². The molecule has 0 aliphatic carbocycles. The number of aryl methyl sites for hydroxylation is 1. The van der Waals surface area contributed by atoms with Crippen LogP contribution in [-0.2, 0) is 4.79 Å². The number of nitrogens with zero attached hydrogens (tertiary/aromatic N) is 2. The molecule has 6 heteroatoms. The predicted molar refractivity (Wildman–Crippen MR) is 107 cm³/mol. The Balaban J connectivity index is 1.34. The average Bonchev–Trinajstić information content (AvgIpc) is 2.73. The van der Waals surface area contributed by atoms with Crippen molar-refractivity contribution < 1.29 is 19.1 Å². The van der Waals surface area contributed by atoms with Crippen LogP contribution in [0.2, 0.25) is 0 Å². The van der Waals surface area contributed by atoms with Crippen molar-refractivity contribution in [2.45, 2.75) is 19.8 Å². The van der Waals surface area contributed by atoms with E-state index in [2.05, 4.69) is 0 Å². The van der Waals surface area contributed by atoms with Crippen LogP contribution in [0.5, 0.6) is 11.5 Å². The third kappa shape index (κ3) is 5.74. The topological polar surface area (TPSA) is 59.1 Å². The molecule has 1 saturated heterocycles. The lowest BCUT2D eigenvalue weighted by atomic mass is 10.2. The summed E-state index contributed by atoms with van der Waals surface area (Å²) in [5.41, 5.74) is 1.19. The number of hydrogen-bond acceptors (Lipinski definition) is 4. The molecule has 6 nitrogen and oxygen atoms in total. The minimum atomic E-state index is -0.371. The summed E-state index contributed by atoms with van der Waals surface area (Å²) in [4.78, 5) is 28.0. The first kappa shape index (κ1) is 19.7. The minimum Gasteiger partial charge on any atom is -0.494 e. The Morgan fingerprint density at radius 1 is 0.857 bits per heavy atom. The average molecular weight is 382 g/mol. The Morgan fingerprint density at radius 2 is 1.50 bits per heavy atom. The van der Waals surface area contributed by atoms with Gasteiger partial charge in [-0.3, -0.25) is 4.79 Å². The quantitative estimate of drug-likeness (QED) is 0.718. The van der Waals surface area contributed by atoms with Crippen LogP contribution in [0.25, 0.3) is 0 Å². The van der Waals surface area contributed by atoms with Gasteiger partial charge in [-0.15, -0.1) is 0 Å². The van der Waals surface area contributed by atoms with Gasteiger partial charge in [-0.05, 0) is 37.6 Å². The fourth-order valence-corrected chi connectivity index (χ4v) is 3.00. The van der Waals surface area contributed by atoms with Gasteiger partial charge in [0.2, 0.25) is 5.91 Å². The normalized spacial score (nSPS) is 13.9. The summed E-state index contributed by atoms with van der Waals surface area (Å²) in [6, 6.07) is 16.9. The molecule has 0 saturated carbocycles. The molecular weight excluding hydrogens is 356 g/mol. The maximum absolute atomic E-state index is 12.4. The highest BCUT2D eigenvalue weighted by Gasteiger charge is 2.25. The second kappa shape index (κ2) is 9.78. The first-order valence-corrected chi connectivity index (χ1v) is 9.61. The van der Waals surface area contributed by atoms with Gasteiger partial charge in [-0.25, -0.2) is 4.79 Å². The van der Waals surface area contributed by atoms with Crippen LogP contribution >= 0.6 is 0 Å². The molecule has 3 rings (SSSR count). The zero-order chi connectivity index (χ0) is 19.8. The van der Waals surface area contributed by atoms with Gasteiger partial charge in [0.1, 0.15) is 11.5 Å². The third-order valence-electron chi connectivity index (χ3n) is 4.66. The van der Waals surface area contributed by atoms with Crippen molar-refractivity contribution in [1.82, 2.24) is 9.80 Å². The second-order valence-electron chi connectivity index (χ2n) is 6.81. The van der Waals surface area contributed by atoms with Crippen LogP contribution < -0.4 is 9.47 Å². The summed E-state index contributed by atoms with van der Waals surface area (Å²) >= 11 is 0. The van der Waals surface area contributed by atoms with Gasteiger partial charge in [0.15, 0.2) is 0 Å². The molecule has 28 heavy (non-hydrogen) atoms. The minimum absolute atomic E-state index is 0.101. The van der Waals surface area contributed by atoms with E-state index in [1.54, 1.807) is 21.9 Å². The Kier molecular flexibility index (Phi) is 6.89. The van der Waals surface area contributed by atoms with Crippen LogP contribution in [0.1, 0.15) is 18.4 Å². The molecule has 2 aromatic carbocycles. The van der Waals surface area contributed by atoms with Crippen LogP contribution in [0.3, 0.4) is 0 Å². The lowest BCUT2D eigenvalue weighted by Crippen LogP contribution is -2.51. The van der Waals surface area contributed by atoms with E-state index >= 15 is 0 Å². The molecular formula is C22H26N2O4. The maximum Gasteiger partial charge on any atom is 0.415 e. The van der Waals surface area contributed by atoms with E-state index in [4.69, 9.17) is 9.47 Å². The van der Waals surface area contributed by atoms with Gasteiger partial charge >= 0.3 is 6.09 Å². The molecule has 0 atom stereocenters. The van der Waals surface area contributed by atoms with E-state index in [1.165, 1.54) is 5.56 Å². The Hall–Kier alpha value is -3.02. The van der Waals surface area contributed by atoms with Crippen molar-refractivity contribution >= 4 is 12.0 Å². The van der Waals surface area contributed by atoms with Crippen LogP contribution in [0, 0.1) is 6.92 Å². The molecule has 0 radical (unpaired) electrons. The molecule has 0 aromatic heterocycles. The standard InChI is InChI=1S/C22H26N2O4/c1-18-9-11-19(12-10-18)27-17-5-8-21(25)23-13-15-24(16-14-23)22(26)28-20-6-3-2-4-7-20/h2-4,6-7,9-12H,5,8,13-17H2,1H3. The summed E-state index contributed by atoms with van der Waals surface area (Å²) in [7, 11) is 0. The van der Waals surface area contributed by atoms with E-state index in [0.29, 0.717) is 51.4 Å². The molecule has 1 heterocycles. The molecule has 0 N–H and O–H groups in total. The van der Waals surface area contributed by atoms with E-state index in [1.807, 2.05) is 49.4 Å². The fourth-order valence-electron chi connectivity index (χ4n) is 3.00. The van der Waals surface area contributed by atoms with Gasteiger partial charge in [-0.2, -0.15) is 0 Å². The van der Waals surface area contributed by atoms with Crippen molar-refractivity contribution in [3.63, 3.8) is 0 Å². The number of piperazine rings is 1. The summed E-state index contributed by atoms with van der Waals surface area (Å²) < 4.78 is 11.0. The zero-order valence-corrected chi connectivity index (χ0v) is 16.2. The number of ether oxygens (including phenoxy) is 2. The maximum atomic E-state index is 12.4. The Labute approximate surface area is 165 Å². The van der Waals surface area contributed by atoms with E-state index in [0.717, 1.165) is 5.75 Å². The van der Waals surface area contributed by atoms with Crippen molar-refractivity contribution in [2.75, 3.05) is 32.8 Å². The third-order valence-corrected chi connectivity index (χ3v) is 4.66. The van der Waals surface area contributed by atoms with Crippen LogP contribution in [0.4, 0.5) is 4.79 Å². The molecule has 1 fully saturated rings. The number of rotatable bonds is 6. The van der Waals surface area contributed by atoms with E-state index < -0.39 is 0 Å². The highest BCUT2D eigenvalue weighted by Crippen LogP contribution is 2.14. The SMILES string of the molecule is Cc1ccc(OCCCC(=O)N2CCN(C(=O)Oc3ccccc3)CC2)cc1. The van der Waals surface area contributed by atoms with E-state index in [9.17, 15) is 9.59 Å². The van der Waals surface area contributed by atoms with Crippen LogP contribution in [-0.4, -0.2) is 54.6 Å². The molecule has 0 bridgehead atoms. The van der Waals surface area contributed by atoms with Crippen molar-refractivity contribution in [1.29, 1.82) is 0 Å². The van der Waals surface area contributed by atoms with Crippen molar-refractivity contribution in [3.8, 4) is 11.5 Å². The van der Waals surface area contributed by atoms with Gasteiger partial charge < -0.3 is 19.3 Å². The number of carbonyl (C=O) groups excluding carboxylic acids is 2. The number of para-hydroxylation sites is 1. The molecule has 0 spiro atoms. The van der Waals surface area contributed by atoms with Crippen LogP contribution in [0.15, 0.2) is 54.6 Å². The van der Waals surface area contributed by atoms with E-state index in [-0.39, 0.29) is 12.0 Å². The summed E-state index contributed by atoms with van der Waals surface area (Å²) in [5.74, 6) is 1.45. The van der Waals surface area contributed by atoms with Crippen molar-refractivity contribution in [2.24, 2.45) is 0 Å². The Morgan fingerprint density at radius 3 is 2.18 bits per heavy atom. The number of carbonyl (C=O) groups is 2. The molecule has 2 amide bonds. The lowest BCUT2D eigenvalue weighted by Gasteiger charge is -2.34. The molecule has 0 unspecified atom stereocenters. The highest BCUT2D eigenvalue weighted by atomic mass is 16.6. The number of hydrogen-bond donors (Lipinski definition) is 0. The predicted octanol–water partition coefficient (Wildman–Crippen LogP) is 3.50. The van der Waals surface area contributed by atoms with Gasteiger partial charge in [0.05, 0.1) is 6.61 Å². The fraction of sp³-hybridized carbons (Fsp3) is 0.364. The smallest absolute Gasteiger partial charge is 0.415 e. The molecule has 1 aliphatic rings. The second-order valence-corrected chi connectivity index (χ2v) is 6.81. The largest absolute Gasteiger partial charge is 0.494 e. The summed E-state index contributed by atoms with van der Waals surface area (Å²) in [5, 5.41) is 0. The molecule has 148 valence electrons.